The first kappa shape index (κ1) is 19.3. The van der Waals surface area contributed by atoms with E-state index in [1.165, 1.54) is 16.7 Å². The molecule has 27 heavy (non-hydrogen) atoms. The lowest BCUT2D eigenvalue weighted by atomic mass is 9.89. The molecule has 0 aliphatic carbocycles. The van der Waals surface area contributed by atoms with Crippen LogP contribution in [0.1, 0.15) is 29.0 Å². The third-order valence-corrected chi connectivity index (χ3v) is 5.05. The molecule has 0 amide bonds. The molecule has 0 heterocycles. The molecule has 0 aliphatic rings. The molecule has 3 aromatic carbocycles. The summed E-state index contributed by atoms with van der Waals surface area (Å²) in [5, 5.41) is 9.49. The van der Waals surface area contributed by atoms with E-state index in [0.717, 1.165) is 25.9 Å². The van der Waals surface area contributed by atoms with E-state index in [1.54, 1.807) is 0 Å². The molecular weight excluding hydrogens is 330 g/mol. The summed E-state index contributed by atoms with van der Waals surface area (Å²) >= 11 is 0. The second-order valence-electron chi connectivity index (χ2n) is 7.07. The molecule has 0 aromatic heterocycles. The lowest BCUT2D eigenvalue weighted by molar-refractivity contribution is 0.185. The van der Waals surface area contributed by atoms with Crippen LogP contribution in [-0.2, 0) is 13.0 Å². The number of hydrogen-bond acceptors (Lipinski definition) is 2. The van der Waals surface area contributed by atoms with Gasteiger partial charge in [0.2, 0.25) is 0 Å². The van der Waals surface area contributed by atoms with Crippen molar-refractivity contribution in [2.75, 3.05) is 19.7 Å². The van der Waals surface area contributed by atoms with Crippen LogP contribution in [0.4, 0.5) is 0 Å². The van der Waals surface area contributed by atoms with E-state index in [1.807, 2.05) is 6.07 Å². The standard InChI is InChI=1S/C25H29NO/c27-19-18-26(21-23-12-6-2-7-13-23)17-16-25(24-14-8-3-9-15-24)20-22-10-4-1-5-11-22/h1-15,25,27H,16-21H2/t25-/m0/s1. The van der Waals surface area contributed by atoms with Crippen LogP contribution in [0.15, 0.2) is 91.0 Å². The second-order valence-corrected chi connectivity index (χ2v) is 7.07. The molecule has 3 rings (SSSR count). The van der Waals surface area contributed by atoms with Crippen molar-refractivity contribution in [3.05, 3.63) is 108 Å². The Balaban J connectivity index is 1.68. The van der Waals surface area contributed by atoms with Crippen molar-refractivity contribution in [2.24, 2.45) is 0 Å². The van der Waals surface area contributed by atoms with Gasteiger partial charge in [0.25, 0.3) is 0 Å². The third-order valence-electron chi connectivity index (χ3n) is 5.05. The van der Waals surface area contributed by atoms with Crippen LogP contribution in [0.2, 0.25) is 0 Å². The van der Waals surface area contributed by atoms with Crippen LogP contribution in [0, 0.1) is 0 Å². The molecule has 140 valence electrons. The highest BCUT2D eigenvalue weighted by molar-refractivity contribution is 5.24. The molecule has 3 aromatic rings. The highest BCUT2D eigenvalue weighted by Crippen LogP contribution is 2.25. The minimum Gasteiger partial charge on any atom is -0.395 e. The number of aliphatic hydroxyl groups is 1. The van der Waals surface area contributed by atoms with Crippen molar-refractivity contribution in [1.82, 2.24) is 4.90 Å². The summed E-state index contributed by atoms with van der Waals surface area (Å²) in [4.78, 5) is 2.36. The summed E-state index contributed by atoms with van der Waals surface area (Å²) in [6.07, 6.45) is 2.12. The highest BCUT2D eigenvalue weighted by atomic mass is 16.3. The first-order chi connectivity index (χ1) is 13.3. The summed E-state index contributed by atoms with van der Waals surface area (Å²) in [5.74, 6) is 0.477. The Labute approximate surface area is 163 Å². The lowest BCUT2D eigenvalue weighted by Crippen LogP contribution is -2.29. The fraction of sp³-hybridized carbons (Fsp3) is 0.280. The van der Waals surface area contributed by atoms with Crippen LogP contribution >= 0.6 is 0 Å². The van der Waals surface area contributed by atoms with Gasteiger partial charge in [-0.05, 0) is 42.0 Å². The Hall–Kier alpha value is -2.42. The molecule has 0 radical (unpaired) electrons. The van der Waals surface area contributed by atoms with E-state index in [9.17, 15) is 5.11 Å². The predicted octanol–water partition coefficient (Wildman–Crippen LogP) is 4.90. The van der Waals surface area contributed by atoms with Crippen LogP contribution in [0.25, 0.3) is 0 Å². The van der Waals surface area contributed by atoms with E-state index in [2.05, 4.69) is 89.8 Å². The maximum absolute atomic E-state index is 9.49. The van der Waals surface area contributed by atoms with Crippen molar-refractivity contribution in [1.29, 1.82) is 0 Å². The van der Waals surface area contributed by atoms with E-state index in [-0.39, 0.29) is 6.61 Å². The average Bonchev–Trinajstić information content (AvgIpc) is 2.73. The van der Waals surface area contributed by atoms with Gasteiger partial charge in [-0.1, -0.05) is 91.0 Å². The normalized spacial score (nSPS) is 12.2. The van der Waals surface area contributed by atoms with Crippen molar-refractivity contribution < 1.29 is 5.11 Å². The molecule has 0 saturated carbocycles. The topological polar surface area (TPSA) is 23.5 Å². The Kier molecular flexibility index (Phi) is 7.64. The van der Waals surface area contributed by atoms with Gasteiger partial charge in [-0.3, -0.25) is 4.90 Å². The monoisotopic (exact) mass is 359 g/mol. The number of hydrogen-bond donors (Lipinski definition) is 1. The maximum atomic E-state index is 9.49. The number of nitrogens with zero attached hydrogens (tertiary/aromatic N) is 1. The minimum atomic E-state index is 0.196. The van der Waals surface area contributed by atoms with Gasteiger partial charge in [-0.25, -0.2) is 0 Å². The van der Waals surface area contributed by atoms with Gasteiger partial charge in [-0.2, -0.15) is 0 Å². The molecule has 0 unspecified atom stereocenters. The van der Waals surface area contributed by atoms with Crippen LogP contribution in [-0.4, -0.2) is 29.7 Å². The first-order valence-corrected chi connectivity index (χ1v) is 9.81. The minimum absolute atomic E-state index is 0.196. The molecule has 0 fully saturated rings. The highest BCUT2D eigenvalue weighted by Gasteiger charge is 2.15. The van der Waals surface area contributed by atoms with Crippen LogP contribution in [0.3, 0.4) is 0 Å². The molecule has 0 bridgehead atoms. The maximum Gasteiger partial charge on any atom is 0.0558 e. The Morgan fingerprint density at radius 2 is 1.22 bits per heavy atom. The van der Waals surface area contributed by atoms with Gasteiger partial charge >= 0.3 is 0 Å². The van der Waals surface area contributed by atoms with Gasteiger partial charge in [0, 0.05) is 13.1 Å². The van der Waals surface area contributed by atoms with Crippen molar-refractivity contribution in [2.45, 2.75) is 25.3 Å². The van der Waals surface area contributed by atoms with Crippen LogP contribution < -0.4 is 0 Å². The molecule has 0 saturated heterocycles. The quantitative estimate of drug-likeness (QED) is 0.557. The molecule has 1 N–H and O–H groups in total. The van der Waals surface area contributed by atoms with Gasteiger partial charge in [0.15, 0.2) is 0 Å². The zero-order chi connectivity index (χ0) is 18.7. The Bertz CT molecular complexity index is 758. The number of aliphatic hydroxyl groups excluding tert-OH is 1. The summed E-state index contributed by atoms with van der Waals surface area (Å²) < 4.78 is 0. The van der Waals surface area contributed by atoms with Crippen molar-refractivity contribution in [3.8, 4) is 0 Å². The summed E-state index contributed by atoms with van der Waals surface area (Å²) in [5.41, 5.74) is 4.07. The zero-order valence-electron chi connectivity index (χ0n) is 15.9. The second kappa shape index (κ2) is 10.7. The molecule has 1 atom stereocenters. The third kappa shape index (κ3) is 6.35. The molecular formula is C25H29NO. The van der Waals surface area contributed by atoms with E-state index in [0.29, 0.717) is 12.5 Å². The molecule has 0 spiro atoms. The summed E-state index contributed by atoms with van der Waals surface area (Å²) in [7, 11) is 0. The van der Waals surface area contributed by atoms with Crippen molar-refractivity contribution in [3.63, 3.8) is 0 Å². The fourth-order valence-corrected chi connectivity index (χ4v) is 3.60. The molecule has 0 aliphatic heterocycles. The molecule has 2 heteroatoms. The Morgan fingerprint density at radius 3 is 1.81 bits per heavy atom. The van der Waals surface area contributed by atoms with Gasteiger partial charge < -0.3 is 5.11 Å². The summed E-state index contributed by atoms with van der Waals surface area (Å²) in [6.45, 7) is 2.76. The van der Waals surface area contributed by atoms with Crippen molar-refractivity contribution >= 4 is 0 Å². The largest absolute Gasteiger partial charge is 0.395 e. The SMILES string of the molecule is OCCN(CC[C@@H](Cc1ccccc1)c1ccccc1)Cc1ccccc1. The smallest absolute Gasteiger partial charge is 0.0558 e. The van der Waals surface area contributed by atoms with Crippen LogP contribution in [0.5, 0.6) is 0 Å². The average molecular weight is 360 g/mol. The van der Waals surface area contributed by atoms with E-state index < -0.39 is 0 Å². The van der Waals surface area contributed by atoms with Gasteiger partial charge in [0.05, 0.1) is 6.61 Å². The fourth-order valence-electron chi connectivity index (χ4n) is 3.60. The lowest BCUT2D eigenvalue weighted by Gasteiger charge is -2.25. The van der Waals surface area contributed by atoms with E-state index in [4.69, 9.17) is 0 Å². The van der Waals surface area contributed by atoms with Gasteiger partial charge in [-0.15, -0.1) is 0 Å². The Morgan fingerprint density at radius 1 is 0.667 bits per heavy atom. The number of rotatable bonds is 10. The van der Waals surface area contributed by atoms with Gasteiger partial charge in [0.1, 0.15) is 0 Å². The number of benzene rings is 3. The van der Waals surface area contributed by atoms with E-state index >= 15 is 0 Å². The molecule has 2 nitrogen and oxygen atoms in total. The zero-order valence-corrected chi connectivity index (χ0v) is 15.9. The first-order valence-electron chi connectivity index (χ1n) is 9.81. The predicted molar refractivity (Wildman–Crippen MR) is 113 cm³/mol. The summed E-state index contributed by atoms with van der Waals surface area (Å²) in [6, 6.07) is 32.1.